The maximum absolute atomic E-state index is 12.9. The molecule has 2 N–H and O–H groups in total. The van der Waals surface area contributed by atoms with E-state index >= 15 is 0 Å². The van der Waals surface area contributed by atoms with Crippen LogP contribution in [0.4, 0.5) is 13.2 Å². The molecule has 0 aromatic heterocycles. The Morgan fingerprint density at radius 2 is 1.47 bits per heavy atom. The number of halogens is 3. The van der Waals surface area contributed by atoms with Crippen LogP contribution in [0.3, 0.4) is 0 Å². The van der Waals surface area contributed by atoms with Crippen molar-refractivity contribution in [3.8, 4) is 11.5 Å². The maximum atomic E-state index is 12.9. The fraction of sp³-hybridized carbons (Fsp3) is 0.143. The molecule has 0 radical (unpaired) electrons. The van der Waals surface area contributed by atoms with E-state index in [-0.39, 0.29) is 17.7 Å². The van der Waals surface area contributed by atoms with Crippen molar-refractivity contribution < 1.29 is 23.4 Å². The average molecular weight is 268 g/mol. The van der Waals surface area contributed by atoms with Crippen LogP contribution in [-0.4, -0.2) is 10.2 Å². The monoisotopic (exact) mass is 268 g/mol. The summed E-state index contributed by atoms with van der Waals surface area (Å²) in [5, 5.41) is 19.2. The lowest BCUT2D eigenvalue weighted by molar-refractivity contribution is -0.138. The highest BCUT2D eigenvalue weighted by Crippen LogP contribution is 2.37. The molecule has 0 aliphatic rings. The molecular formula is C14H11F3O2. The summed E-state index contributed by atoms with van der Waals surface area (Å²) >= 11 is 0. The topological polar surface area (TPSA) is 40.5 Å². The number of aromatic hydroxyl groups is 2. The molecule has 2 aromatic carbocycles. The molecule has 0 unspecified atom stereocenters. The Morgan fingerprint density at radius 1 is 0.842 bits per heavy atom. The van der Waals surface area contributed by atoms with Gasteiger partial charge in [0.05, 0.1) is 5.56 Å². The molecule has 100 valence electrons. The summed E-state index contributed by atoms with van der Waals surface area (Å²) in [6, 6.07) is 9.35. The zero-order chi connectivity index (χ0) is 14.0. The first-order chi connectivity index (χ1) is 8.89. The van der Waals surface area contributed by atoms with Gasteiger partial charge in [-0.25, -0.2) is 0 Å². The van der Waals surface area contributed by atoms with Gasteiger partial charge in [-0.3, -0.25) is 0 Å². The number of para-hydroxylation sites is 1. The first-order valence-electron chi connectivity index (χ1n) is 5.54. The van der Waals surface area contributed by atoms with Crippen LogP contribution >= 0.6 is 0 Å². The van der Waals surface area contributed by atoms with Crippen molar-refractivity contribution >= 4 is 0 Å². The number of hydrogen-bond donors (Lipinski definition) is 2. The van der Waals surface area contributed by atoms with Crippen molar-refractivity contribution in [2.75, 3.05) is 0 Å². The van der Waals surface area contributed by atoms with Crippen molar-refractivity contribution in [3.63, 3.8) is 0 Å². The lowest BCUT2D eigenvalue weighted by Gasteiger charge is -2.14. The number of phenols is 2. The molecule has 0 fully saturated rings. The molecule has 0 bridgehead atoms. The largest absolute Gasteiger partial charge is 0.508 e. The average Bonchev–Trinajstić information content (AvgIpc) is 2.33. The summed E-state index contributed by atoms with van der Waals surface area (Å²) in [7, 11) is 0. The second kappa shape index (κ2) is 4.84. The second-order valence-corrected chi connectivity index (χ2v) is 4.11. The van der Waals surface area contributed by atoms with Crippen LogP contribution in [0.5, 0.6) is 11.5 Å². The van der Waals surface area contributed by atoms with Crippen LogP contribution in [-0.2, 0) is 12.6 Å². The number of hydrogen-bond acceptors (Lipinski definition) is 2. The quantitative estimate of drug-likeness (QED) is 0.871. The van der Waals surface area contributed by atoms with E-state index in [0.717, 1.165) is 12.1 Å². The molecule has 2 nitrogen and oxygen atoms in total. The predicted octanol–water partition coefficient (Wildman–Crippen LogP) is 3.71. The first-order valence-corrected chi connectivity index (χ1v) is 5.54. The maximum Gasteiger partial charge on any atom is 0.416 e. The van der Waals surface area contributed by atoms with E-state index in [1.807, 2.05) is 0 Å². The highest BCUT2D eigenvalue weighted by Gasteiger charge is 2.34. The molecule has 0 spiro atoms. The van der Waals surface area contributed by atoms with Crippen molar-refractivity contribution in [1.82, 2.24) is 0 Å². The Balaban J connectivity index is 2.48. The minimum Gasteiger partial charge on any atom is -0.508 e. The molecule has 0 aliphatic carbocycles. The Bertz CT molecular complexity index is 591. The molecule has 0 saturated carbocycles. The van der Waals surface area contributed by atoms with Gasteiger partial charge < -0.3 is 10.2 Å². The van der Waals surface area contributed by atoms with E-state index < -0.39 is 17.5 Å². The van der Waals surface area contributed by atoms with Gasteiger partial charge in [0.2, 0.25) is 0 Å². The van der Waals surface area contributed by atoms with Gasteiger partial charge in [-0.15, -0.1) is 0 Å². The van der Waals surface area contributed by atoms with Gasteiger partial charge in [-0.05, 0) is 23.8 Å². The molecule has 2 aromatic rings. The Hall–Kier alpha value is -2.17. The fourth-order valence-corrected chi connectivity index (χ4v) is 1.88. The smallest absolute Gasteiger partial charge is 0.416 e. The number of rotatable bonds is 2. The van der Waals surface area contributed by atoms with Crippen molar-refractivity contribution in [2.24, 2.45) is 0 Å². The van der Waals surface area contributed by atoms with E-state index in [9.17, 15) is 23.4 Å². The van der Waals surface area contributed by atoms with Crippen molar-refractivity contribution in [3.05, 3.63) is 59.2 Å². The van der Waals surface area contributed by atoms with Crippen LogP contribution < -0.4 is 0 Å². The van der Waals surface area contributed by atoms with Gasteiger partial charge in [0, 0.05) is 12.0 Å². The standard InChI is InChI=1S/C14H11F3O2/c15-14(16,17)11-5-3-7-13(19)10(11)8-9-4-1-2-6-12(9)18/h1-7,18-19H,8H2. The van der Waals surface area contributed by atoms with Gasteiger partial charge in [-0.2, -0.15) is 13.2 Å². The third-order valence-corrected chi connectivity index (χ3v) is 2.82. The second-order valence-electron chi connectivity index (χ2n) is 4.11. The minimum absolute atomic E-state index is 0.0983. The summed E-state index contributed by atoms with van der Waals surface area (Å²) in [6.07, 6.45) is -4.73. The van der Waals surface area contributed by atoms with Crippen LogP contribution in [0, 0.1) is 0 Å². The molecule has 5 heteroatoms. The van der Waals surface area contributed by atoms with Gasteiger partial charge in [0.1, 0.15) is 11.5 Å². The summed E-state index contributed by atoms with van der Waals surface area (Å²) in [4.78, 5) is 0. The lowest BCUT2D eigenvalue weighted by Crippen LogP contribution is -2.09. The van der Waals surface area contributed by atoms with Gasteiger partial charge in [-0.1, -0.05) is 24.3 Å². The molecule has 0 amide bonds. The van der Waals surface area contributed by atoms with E-state index in [0.29, 0.717) is 5.56 Å². The number of alkyl halides is 3. The molecule has 0 heterocycles. The van der Waals surface area contributed by atoms with Crippen LogP contribution in [0.1, 0.15) is 16.7 Å². The Labute approximate surface area is 107 Å². The van der Waals surface area contributed by atoms with Crippen molar-refractivity contribution in [1.29, 1.82) is 0 Å². The highest BCUT2D eigenvalue weighted by atomic mass is 19.4. The van der Waals surface area contributed by atoms with Crippen molar-refractivity contribution in [2.45, 2.75) is 12.6 Å². The summed E-state index contributed by atoms with van der Waals surface area (Å²) in [5.41, 5.74) is -0.804. The van der Waals surface area contributed by atoms with E-state index in [4.69, 9.17) is 0 Å². The van der Waals surface area contributed by atoms with Gasteiger partial charge in [0.15, 0.2) is 0 Å². The predicted molar refractivity (Wildman–Crippen MR) is 64.0 cm³/mol. The zero-order valence-corrected chi connectivity index (χ0v) is 9.78. The summed E-state index contributed by atoms with van der Waals surface area (Å²) in [5.74, 6) is -0.531. The molecule has 0 atom stereocenters. The highest BCUT2D eigenvalue weighted by molar-refractivity contribution is 5.46. The number of benzene rings is 2. The third-order valence-electron chi connectivity index (χ3n) is 2.82. The normalized spacial score (nSPS) is 11.5. The first kappa shape index (κ1) is 13.3. The van der Waals surface area contributed by atoms with Gasteiger partial charge >= 0.3 is 6.18 Å². The van der Waals surface area contributed by atoms with Gasteiger partial charge in [0.25, 0.3) is 0 Å². The van der Waals surface area contributed by atoms with Crippen LogP contribution in [0.2, 0.25) is 0 Å². The van der Waals surface area contributed by atoms with E-state index in [1.54, 1.807) is 12.1 Å². The molecule has 0 aliphatic heterocycles. The molecule has 0 saturated heterocycles. The molecule has 2 rings (SSSR count). The molecular weight excluding hydrogens is 257 g/mol. The third kappa shape index (κ3) is 2.81. The minimum atomic E-state index is -4.54. The summed E-state index contributed by atoms with van der Waals surface area (Å²) < 4.78 is 38.6. The SMILES string of the molecule is Oc1ccccc1Cc1c(O)cccc1C(F)(F)F. The summed E-state index contributed by atoms with van der Waals surface area (Å²) in [6.45, 7) is 0. The van der Waals surface area contributed by atoms with Crippen LogP contribution in [0.25, 0.3) is 0 Å². The van der Waals surface area contributed by atoms with E-state index in [1.165, 1.54) is 18.2 Å². The van der Waals surface area contributed by atoms with E-state index in [2.05, 4.69) is 0 Å². The zero-order valence-electron chi connectivity index (χ0n) is 9.78. The lowest BCUT2D eigenvalue weighted by atomic mass is 9.98. The Morgan fingerprint density at radius 3 is 2.11 bits per heavy atom. The Kier molecular flexibility index (Phi) is 3.38. The number of phenolic OH excluding ortho intramolecular Hbond substituents is 2. The molecule has 19 heavy (non-hydrogen) atoms. The van der Waals surface area contributed by atoms with Crippen LogP contribution in [0.15, 0.2) is 42.5 Å². The fourth-order valence-electron chi connectivity index (χ4n) is 1.88.